The summed E-state index contributed by atoms with van der Waals surface area (Å²) in [5, 5.41) is 2.93. The van der Waals surface area contributed by atoms with Gasteiger partial charge in [-0.25, -0.2) is 15.0 Å². The molecule has 0 saturated carbocycles. The first-order valence-electron chi connectivity index (χ1n) is 4.72. The predicted octanol–water partition coefficient (Wildman–Crippen LogP) is 1.23. The maximum Gasteiger partial charge on any atom is 0.223 e. The highest BCUT2D eigenvalue weighted by molar-refractivity contribution is 5.52. The minimum Gasteiger partial charge on any atom is -0.357 e. The van der Waals surface area contributed by atoms with Crippen molar-refractivity contribution >= 4 is 5.95 Å². The van der Waals surface area contributed by atoms with E-state index in [2.05, 4.69) is 20.3 Å². The van der Waals surface area contributed by atoms with E-state index in [9.17, 15) is 0 Å². The zero-order valence-corrected chi connectivity index (χ0v) is 9.02. The van der Waals surface area contributed by atoms with E-state index in [4.69, 9.17) is 0 Å². The lowest BCUT2D eigenvalue weighted by Gasteiger charge is -2.04. The molecule has 0 bridgehead atoms. The van der Waals surface area contributed by atoms with E-state index in [1.54, 1.807) is 13.2 Å². The zero-order valence-electron chi connectivity index (χ0n) is 9.02. The molecule has 2 heterocycles. The van der Waals surface area contributed by atoms with E-state index in [1.807, 2.05) is 30.8 Å². The van der Waals surface area contributed by atoms with E-state index >= 15 is 0 Å². The van der Waals surface area contributed by atoms with Gasteiger partial charge in [-0.05, 0) is 13.0 Å². The summed E-state index contributed by atoms with van der Waals surface area (Å²) in [6.45, 7) is 1.94. The van der Waals surface area contributed by atoms with Crippen molar-refractivity contribution < 1.29 is 0 Å². The lowest BCUT2D eigenvalue weighted by Crippen LogP contribution is -2.01. The Kier molecular flexibility index (Phi) is 2.37. The van der Waals surface area contributed by atoms with E-state index < -0.39 is 0 Å². The molecule has 0 spiro atoms. The second kappa shape index (κ2) is 3.68. The smallest absolute Gasteiger partial charge is 0.223 e. The van der Waals surface area contributed by atoms with Crippen LogP contribution in [0, 0.1) is 6.92 Å². The first kappa shape index (κ1) is 9.64. The van der Waals surface area contributed by atoms with Crippen LogP contribution in [0.25, 0.3) is 11.5 Å². The molecule has 2 rings (SSSR count). The molecular weight excluding hydrogens is 190 g/mol. The van der Waals surface area contributed by atoms with Crippen LogP contribution in [0.15, 0.2) is 18.5 Å². The predicted molar refractivity (Wildman–Crippen MR) is 58.5 cm³/mol. The van der Waals surface area contributed by atoms with Crippen LogP contribution in [0.2, 0.25) is 0 Å². The first-order valence-corrected chi connectivity index (χ1v) is 4.72. The number of anilines is 1. The third-order valence-electron chi connectivity index (χ3n) is 2.13. The summed E-state index contributed by atoms with van der Waals surface area (Å²) >= 11 is 0. The van der Waals surface area contributed by atoms with Gasteiger partial charge in [-0.1, -0.05) is 0 Å². The van der Waals surface area contributed by atoms with Crippen LogP contribution < -0.4 is 5.32 Å². The van der Waals surface area contributed by atoms with Crippen LogP contribution in [0.5, 0.6) is 0 Å². The summed E-state index contributed by atoms with van der Waals surface area (Å²) < 4.78 is 1.93. The van der Waals surface area contributed by atoms with Gasteiger partial charge in [-0.2, -0.15) is 0 Å². The Morgan fingerprint density at radius 2 is 2.13 bits per heavy atom. The van der Waals surface area contributed by atoms with Crippen molar-refractivity contribution in [2.45, 2.75) is 6.92 Å². The molecule has 0 fully saturated rings. The van der Waals surface area contributed by atoms with E-state index in [0.717, 1.165) is 17.2 Å². The average Bonchev–Trinajstić information content (AvgIpc) is 2.63. The number of nitrogens with zero attached hydrogens (tertiary/aromatic N) is 4. The Morgan fingerprint density at radius 1 is 1.33 bits per heavy atom. The zero-order chi connectivity index (χ0) is 10.8. The second-order valence-electron chi connectivity index (χ2n) is 3.33. The molecule has 15 heavy (non-hydrogen) atoms. The molecule has 0 aliphatic heterocycles. The summed E-state index contributed by atoms with van der Waals surface area (Å²) in [6.07, 6.45) is 3.65. The van der Waals surface area contributed by atoms with Crippen LogP contribution in [0.4, 0.5) is 5.95 Å². The van der Waals surface area contributed by atoms with Crippen molar-refractivity contribution in [3.8, 4) is 11.5 Å². The quantitative estimate of drug-likeness (QED) is 0.797. The highest BCUT2D eigenvalue weighted by Crippen LogP contribution is 2.16. The third kappa shape index (κ3) is 1.81. The highest BCUT2D eigenvalue weighted by atomic mass is 15.1. The Balaban J connectivity index is 2.53. The van der Waals surface area contributed by atoms with Crippen molar-refractivity contribution in [1.29, 1.82) is 0 Å². The standard InChI is InChI=1S/C10H13N5/c1-7-6-8(14-10(11-2)13-7)9-12-4-5-15(9)3/h4-6H,1-3H3,(H,11,13,14). The molecule has 0 aliphatic rings. The number of aryl methyl sites for hydroxylation is 2. The number of hydrogen-bond acceptors (Lipinski definition) is 4. The lowest BCUT2D eigenvalue weighted by molar-refractivity contribution is 0.913. The number of aromatic nitrogens is 4. The van der Waals surface area contributed by atoms with Gasteiger partial charge in [0.2, 0.25) is 5.95 Å². The fourth-order valence-corrected chi connectivity index (χ4v) is 1.41. The van der Waals surface area contributed by atoms with Crippen LogP contribution in [0.3, 0.4) is 0 Å². The van der Waals surface area contributed by atoms with Crippen molar-refractivity contribution in [3.63, 3.8) is 0 Å². The molecule has 5 heteroatoms. The van der Waals surface area contributed by atoms with E-state index in [0.29, 0.717) is 5.95 Å². The fourth-order valence-electron chi connectivity index (χ4n) is 1.41. The van der Waals surface area contributed by atoms with Gasteiger partial charge in [0.05, 0.1) is 0 Å². The molecule has 1 N–H and O–H groups in total. The van der Waals surface area contributed by atoms with Crippen LogP contribution in [-0.2, 0) is 7.05 Å². The van der Waals surface area contributed by atoms with Gasteiger partial charge in [-0.15, -0.1) is 0 Å². The molecular formula is C10H13N5. The molecule has 0 unspecified atom stereocenters. The maximum atomic E-state index is 4.35. The monoisotopic (exact) mass is 203 g/mol. The van der Waals surface area contributed by atoms with Crippen molar-refractivity contribution in [2.75, 3.05) is 12.4 Å². The molecule has 0 radical (unpaired) electrons. The molecule has 0 amide bonds. The molecule has 2 aromatic heterocycles. The van der Waals surface area contributed by atoms with Crippen molar-refractivity contribution in [3.05, 3.63) is 24.2 Å². The number of nitrogens with one attached hydrogen (secondary N) is 1. The van der Waals surface area contributed by atoms with Gasteiger partial charge in [0.1, 0.15) is 5.69 Å². The van der Waals surface area contributed by atoms with Gasteiger partial charge in [0, 0.05) is 32.2 Å². The molecule has 0 atom stereocenters. The Hall–Kier alpha value is -1.91. The Labute approximate surface area is 88.2 Å². The average molecular weight is 203 g/mol. The van der Waals surface area contributed by atoms with Crippen LogP contribution >= 0.6 is 0 Å². The van der Waals surface area contributed by atoms with E-state index in [1.165, 1.54) is 0 Å². The molecule has 2 aromatic rings. The highest BCUT2D eigenvalue weighted by Gasteiger charge is 2.07. The van der Waals surface area contributed by atoms with E-state index in [-0.39, 0.29) is 0 Å². The van der Waals surface area contributed by atoms with Crippen molar-refractivity contribution in [2.24, 2.45) is 7.05 Å². The number of hydrogen-bond donors (Lipinski definition) is 1. The first-order chi connectivity index (χ1) is 7.20. The number of rotatable bonds is 2. The second-order valence-corrected chi connectivity index (χ2v) is 3.33. The molecule has 0 aromatic carbocycles. The molecule has 78 valence electrons. The fraction of sp³-hybridized carbons (Fsp3) is 0.300. The van der Waals surface area contributed by atoms with Gasteiger partial charge < -0.3 is 9.88 Å². The molecule has 5 nitrogen and oxygen atoms in total. The maximum absolute atomic E-state index is 4.35. The van der Waals surface area contributed by atoms with Crippen molar-refractivity contribution in [1.82, 2.24) is 19.5 Å². The minimum absolute atomic E-state index is 0.619. The normalized spacial score (nSPS) is 10.3. The summed E-state index contributed by atoms with van der Waals surface area (Å²) in [7, 11) is 3.75. The van der Waals surface area contributed by atoms with Gasteiger partial charge in [-0.3, -0.25) is 0 Å². The topological polar surface area (TPSA) is 55.6 Å². The SMILES string of the molecule is CNc1nc(C)cc(-c2nccn2C)n1. The van der Waals surface area contributed by atoms with Gasteiger partial charge in [0.15, 0.2) is 5.82 Å². The molecule has 0 aliphatic carbocycles. The number of imidazole rings is 1. The van der Waals surface area contributed by atoms with Gasteiger partial charge >= 0.3 is 0 Å². The largest absolute Gasteiger partial charge is 0.357 e. The molecule has 0 saturated heterocycles. The Bertz CT molecular complexity index is 474. The van der Waals surface area contributed by atoms with Crippen LogP contribution in [0.1, 0.15) is 5.69 Å². The summed E-state index contributed by atoms with van der Waals surface area (Å²) in [4.78, 5) is 12.8. The van der Waals surface area contributed by atoms with Crippen LogP contribution in [-0.4, -0.2) is 26.6 Å². The lowest BCUT2D eigenvalue weighted by atomic mass is 10.3. The third-order valence-corrected chi connectivity index (χ3v) is 2.13. The summed E-state index contributed by atoms with van der Waals surface area (Å²) in [6, 6.07) is 1.92. The van der Waals surface area contributed by atoms with Gasteiger partial charge in [0.25, 0.3) is 0 Å². The Morgan fingerprint density at radius 3 is 2.73 bits per heavy atom. The summed E-state index contributed by atoms with van der Waals surface area (Å²) in [5.74, 6) is 1.46. The summed E-state index contributed by atoms with van der Waals surface area (Å²) in [5.41, 5.74) is 1.76. The minimum atomic E-state index is 0.619.